The molecule has 412 valence electrons. The van der Waals surface area contributed by atoms with Crippen LogP contribution in [0.5, 0.6) is 11.5 Å². The maximum atomic E-state index is 13.5. The summed E-state index contributed by atoms with van der Waals surface area (Å²) in [6.45, 7) is 5.31. The fourth-order valence-electron chi connectivity index (χ4n) is 7.42. The average molecular weight is 1130 g/mol. The zero-order valence-corrected chi connectivity index (χ0v) is 43.4. The second-order valence-corrected chi connectivity index (χ2v) is 17.0. The monoisotopic (exact) mass is 1130 g/mol. The Bertz CT molecular complexity index is 2620. The van der Waals surface area contributed by atoms with Gasteiger partial charge in [-0.15, -0.1) is 5.10 Å². The van der Waals surface area contributed by atoms with E-state index in [9.17, 15) is 34.6 Å². The summed E-state index contributed by atoms with van der Waals surface area (Å²) in [7, 11) is 1.50. The van der Waals surface area contributed by atoms with Crippen molar-refractivity contribution in [2.45, 2.75) is 13.2 Å². The largest absolute Gasteiger partial charge is 0.496 e. The first-order valence-corrected chi connectivity index (χ1v) is 24.8. The normalized spacial score (nSPS) is 12.6. The molecule has 2 N–H and O–H groups in total. The van der Waals surface area contributed by atoms with Crippen LogP contribution < -0.4 is 14.8 Å². The lowest BCUT2D eigenvalue weighted by Gasteiger charge is -2.34. The minimum atomic E-state index is -0.701. The van der Waals surface area contributed by atoms with Gasteiger partial charge in [0.05, 0.1) is 131 Å². The van der Waals surface area contributed by atoms with Gasteiger partial charge in [0.2, 0.25) is 0 Å². The Morgan fingerprint density at radius 3 is 1.91 bits per heavy atom. The number of carbonyl (C=O) groups excluding carboxylic acids is 3. The first kappa shape index (κ1) is 58.5. The number of Topliss-reactive ketones (excluding diaryl/α,β-unsaturated/α-hetero) is 1. The van der Waals surface area contributed by atoms with Crippen molar-refractivity contribution in [3.63, 3.8) is 0 Å². The summed E-state index contributed by atoms with van der Waals surface area (Å²) in [5, 5.41) is 33.7. The minimum Gasteiger partial charge on any atom is -0.496 e. The zero-order chi connectivity index (χ0) is 53.9. The number of aromatic nitrogens is 4. The van der Waals surface area contributed by atoms with Crippen LogP contribution in [-0.4, -0.2) is 197 Å². The topological polar surface area (TPSA) is 304 Å². The van der Waals surface area contributed by atoms with E-state index < -0.39 is 32.9 Å². The number of rotatable bonds is 37. The van der Waals surface area contributed by atoms with Gasteiger partial charge in [0.1, 0.15) is 37.4 Å². The van der Waals surface area contributed by atoms with Gasteiger partial charge >= 0.3 is 0 Å². The lowest BCUT2D eigenvalue weighted by molar-refractivity contribution is -0.392. The third-order valence-electron chi connectivity index (χ3n) is 11.1. The molecule has 3 heterocycles. The molecule has 0 radical (unpaired) electrons. The van der Waals surface area contributed by atoms with Crippen molar-refractivity contribution in [3.8, 4) is 11.5 Å². The van der Waals surface area contributed by atoms with Crippen LogP contribution in [0.2, 0.25) is 0 Å². The SMILES string of the molecule is COc1ccc(Br)c2[nH]cc(C(=O)C(=O)N3CCN(C(=O)c4ccccc4OCCOCCOCCOCCOCCOCCn4cc(COCOCOCOCCNc5c([N+](=O)[O-])cccc5[N+](=O)[O-])nn4)CC3)c12. The summed E-state index contributed by atoms with van der Waals surface area (Å²) < 4.78 is 62.7. The molecule has 1 aliphatic rings. The van der Waals surface area contributed by atoms with Crippen molar-refractivity contribution in [3.05, 3.63) is 109 Å². The molecule has 1 saturated heterocycles. The van der Waals surface area contributed by atoms with Gasteiger partial charge in [-0.05, 0) is 46.3 Å². The third kappa shape index (κ3) is 18.0. The number of ketones is 1. The van der Waals surface area contributed by atoms with Gasteiger partial charge < -0.3 is 72.2 Å². The number of anilines is 1. The van der Waals surface area contributed by atoms with E-state index in [4.69, 9.17) is 52.1 Å². The Morgan fingerprint density at radius 2 is 1.26 bits per heavy atom. The summed E-state index contributed by atoms with van der Waals surface area (Å²) >= 11 is 3.47. The molecule has 76 heavy (non-hydrogen) atoms. The van der Waals surface area contributed by atoms with Crippen LogP contribution in [0, 0.1) is 20.2 Å². The summed E-state index contributed by atoms with van der Waals surface area (Å²) in [4.78, 5) is 67.4. The maximum absolute atomic E-state index is 13.5. The summed E-state index contributed by atoms with van der Waals surface area (Å²) in [5.74, 6) is -0.637. The van der Waals surface area contributed by atoms with Crippen molar-refractivity contribution in [1.82, 2.24) is 29.8 Å². The third-order valence-corrected chi connectivity index (χ3v) is 11.8. The van der Waals surface area contributed by atoms with E-state index in [2.05, 4.69) is 36.5 Å². The van der Waals surface area contributed by atoms with Crippen LogP contribution in [0.1, 0.15) is 26.4 Å². The molecule has 2 amide bonds. The number of para-hydroxylation sites is 2. The number of ether oxygens (including phenoxy) is 11. The van der Waals surface area contributed by atoms with Crippen LogP contribution in [0.25, 0.3) is 10.9 Å². The van der Waals surface area contributed by atoms with Gasteiger partial charge in [0.25, 0.3) is 29.0 Å². The van der Waals surface area contributed by atoms with Gasteiger partial charge in [0, 0.05) is 55.5 Å². The number of nitro groups is 2. The number of nitrogens with one attached hydrogen (secondary N) is 2. The van der Waals surface area contributed by atoms with Crippen LogP contribution in [0.4, 0.5) is 17.1 Å². The lowest BCUT2D eigenvalue weighted by atomic mass is 10.1. The number of carbonyl (C=O) groups is 3. The smallest absolute Gasteiger partial charge is 0.299 e. The number of halogens is 1. The highest BCUT2D eigenvalue weighted by molar-refractivity contribution is 9.10. The first-order chi connectivity index (χ1) is 37.1. The molecule has 0 atom stereocenters. The number of piperazine rings is 1. The Kier molecular flexibility index (Phi) is 24.6. The highest BCUT2D eigenvalue weighted by atomic mass is 79.9. The maximum Gasteiger partial charge on any atom is 0.299 e. The molecule has 0 saturated carbocycles. The second kappa shape index (κ2) is 32.0. The predicted molar refractivity (Wildman–Crippen MR) is 271 cm³/mol. The van der Waals surface area contributed by atoms with E-state index in [-0.39, 0.29) is 96.7 Å². The molecule has 1 aliphatic heterocycles. The summed E-state index contributed by atoms with van der Waals surface area (Å²) in [5.41, 5.74) is 0.847. The van der Waals surface area contributed by atoms with Gasteiger partial charge in [-0.1, -0.05) is 17.3 Å². The van der Waals surface area contributed by atoms with Crippen molar-refractivity contribution in [2.24, 2.45) is 0 Å². The van der Waals surface area contributed by atoms with Crippen LogP contribution in [0.3, 0.4) is 0 Å². The lowest BCUT2D eigenvalue weighted by Crippen LogP contribution is -2.52. The van der Waals surface area contributed by atoms with Crippen LogP contribution >= 0.6 is 15.9 Å². The molecule has 3 aromatic carbocycles. The molecule has 0 bridgehead atoms. The quantitative estimate of drug-likeness (QED) is 0.0140. The highest BCUT2D eigenvalue weighted by Crippen LogP contribution is 2.35. The number of nitrogens with zero attached hydrogens (tertiary/aromatic N) is 7. The van der Waals surface area contributed by atoms with E-state index >= 15 is 0 Å². The highest BCUT2D eigenvalue weighted by Gasteiger charge is 2.32. The van der Waals surface area contributed by atoms with Gasteiger partial charge in [-0.2, -0.15) is 0 Å². The molecule has 6 rings (SSSR count). The number of amides is 2. The van der Waals surface area contributed by atoms with Gasteiger partial charge in [-0.25, -0.2) is 4.68 Å². The molecular weight excluding hydrogens is 1070 g/mol. The fraction of sp³-hybridized carbons (Fsp3) is 0.479. The summed E-state index contributed by atoms with van der Waals surface area (Å²) in [6, 6.07) is 14.1. The molecule has 0 unspecified atom stereocenters. The number of benzene rings is 3. The number of H-pyrrole nitrogens is 1. The molecule has 28 heteroatoms. The van der Waals surface area contributed by atoms with E-state index in [0.717, 1.165) is 4.47 Å². The number of aromatic amines is 1. The van der Waals surface area contributed by atoms with Crippen molar-refractivity contribution in [1.29, 1.82) is 0 Å². The van der Waals surface area contributed by atoms with Crippen molar-refractivity contribution in [2.75, 3.05) is 145 Å². The van der Waals surface area contributed by atoms with E-state index in [0.29, 0.717) is 99.7 Å². The summed E-state index contributed by atoms with van der Waals surface area (Å²) in [6.07, 6.45) is 3.24. The Balaban J connectivity index is 0.694. The fourth-order valence-corrected chi connectivity index (χ4v) is 7.86. The van der Waals surface area contributed by atoms with Crippen molar-refractivity contribution < 1.29 is 76.3 Å². The molecule has 1 fully saturated rings. The standard InChI is InChI=1S/C48H60BrN9O18/c1-66-42-10-9-38(49)44-43(42)37(29-51-44)46(59)48(61)55-14-12-54(13-15-55)47(60)36-5-2-3-8-41(36)76-28-27-71-26-25-70-24-23-69-22-21-68-20-19-67-18-16-56-30-35(52-53-56)31-73-33-75-34-74-32-72-17-11-50-45-39(57(62)63)6-4-7-40(45)58(64)65/h2-10,29-30,50-51H,11-28,31-34H2,1H3. The number of fused-ring (bicyclic) bond motifs is 1. The Morgan fingerprint density at radius 1 is 0.671 bits per heavy atom. The number of hydrogen-bond donors (Lipinski definition) is 2. The zero-order valence-electron chi connectivity index (χ0n) is 41.8. The molecule has 2 aromatic heterocycles. The Hall–Kier alpha value is -6.73. The van der Waals surface area contributed by atoms with Crippen LogP contribution in [-0.2, 0) is 60.6 Å². The molecule has 27 nitrogen and oxygen atoms in total. The molecule has 0 aliphatic carbocycles. The first-order valence-electron chi connectivity index (χ1n) is 24.0. The van der Waals surface area contributed by atoms with Crippen molar-refractivity contribution >= 4 is 61.5 Å². The average Bonchev–Trinajstić information content (AvgIpc) is 4.12. The molecular formula is C48H60BrN9O18. The van der Waals surface area contributed by atoms with E-state index in [1.807, 2.05) is 0 Å². The van der Waals surface area contributed by atoms with Gasteiger partial charge in [-0.3, -0.25) is 34.6 Å². The number of hydrogen-bond acceptors (Lipinski definition) is 21. The predicted octanol–water partition coefficient (Wildman–Crippen LogP) is 4.23. The van der Waals surface area contributed by atoms with Crippen LogP contribution in [0.15, 0.2) is 71.5 Å². The van der Waals surface area contributed by atoms with Gasteiger partial charge in [0.15, 0.2) is 12.5 Å². The van der Waals surface area contributed by atoms with E-state index in [1.165, 1.54) is 36.4 Å². The number of nitro benzene ring substituents is 2. The molecule has 5 aromatic rings. The Labute approximate surface area is 444 Å². The number of methoxy groups -OCH3 is 1. The minimum absolute atomic E-state index is 0.0595. The molecule has 0 spiro atoms. The van der Waals surface area contributed by atoms with E-state index in [1.54, 1.807) is 52.2 Å². The second-order valence-electron chi connectivity index (χ2n) is 16.1.